The molecule has 2 N–H and O–H groups in total. The monoisotopic (exact) mass is 319 g/mol. The minimum atomic E-state index is -0.265. The van der Waals surface area contributed by atoms with Crippen molar-refractivity contribution in [2.45, 2.75) is 32.7 Å². The number of piperidine rings is 1. The zero-order valence-corrected chi connectivity index (χ0v) is 13.8. The molecule has 1 aliphatic heterocycles. The number of aryl methyl sites for hydroxylation is 1. The van der Waals surface area contributed by atoms with Crippen molar-refractivity contribution in [2.75, 3.05) is 31.6 Å². The largest absolute Gasteiger partial charge is 0.450 e. The Morgan fingerprint density at radius 2 is 2.04 bits per heavy atom. The van der Waals surface area contributed by atoms with E-state index in [-0.39, 0.29) is 24.6 Å². The van der Waals surface area contributed by atoms with Gasteiger partial charge in [-0.15, -0.1) is 0 Å². The lowest BCUT2D eigenvalue weighted by atomic mass is 10.1. The maximum atomic E-state index is 12.0. The van der Waals surface area contributed by atoms with Crippen LogP contribution in [0.15, 0.2) is 24.3 Å². The van der Waals surface area contributed by atoms with E-state index in [1.165, 1.54) is 0 Å². The summed E-state index contributed by atoms with van der Waals surface area (Å²) >= 11 is 0. The van der Waals surface area contributed by atoms with Crippen molar-refractivity contribution < 1.29 is 14.3 Å². The van der Waals surface area contributed by atoms with Gasteiger partial charge in [-0.2, -0.15) is 0 Å². The Morgan fingerprint density at radius 3 is 2.70 bits per heavy atom. The van der Waals surface area contributed by atoms with Crippen LogP contribution in [0.3, 0.4) is 0 Å². The predicted molar refractivity (Wildman–Crippen MR) is 89.4 cm³/mol. The quantitative estimate of drug-likeness (QED) is 0.872. The van der Waals surface area contributed by atoms with Crippen LogP contribution in [0.4, 0.5) is 10.5 Å². The molecule has 6 nitrogen and oxygen atoms in total. The maximum absolute atomic E-state index is 12.0. The highest BCUT2D eigenvalue weighted by molar-refractivity contribution is 5.81. The number of hydrogen-bond acceptors (Lipinski definition) is 4. The van der Waals surface area contributed by atoms with Crippen molar-refractivity contribution in [3.05, 3.63) is 29.8 Å². The van der Waals surface area contributed by atoms with E-state index in [0.717, 1.165) is 24.1 Å². The Hall–Kier alpha value is -2.24. The van der Waals surface area contributed by atoms with Gasteiger partial charge >= 0.3 is 6.09 Å². The number of carbonyl (C=O) groups excluding carboxylic acids is 2. The van der Waals surface area contributed by atoms with Crippen LogP contribution in [-0.4, -0.2) is 49.2 Å². The minimum Gasteiger partial charge on any atom is -0.450 e. The van der Waals surface area contributed by atoms with Crippen LogP contribution in [0.2, 0.25) is 0 Å². The third-order valence-electron chi connectivity index (χ3n) is 3.86. The summed E-state index contributed by atoms with van der Waals surface area (Å²) in [5, 5.41) is 6.14. The van der Waals surface area contributed by atoms with E-state index in [9.17, 15) is 9.59 Å². The Kier molecular flexibility index (Phi) is 6.26. The van der Waals surface area contributed by atoms with Crippen LogP contribution in [-0.2, 0) is 9.53 Å². The Labute approximate surface area is 137 Å². The molecule has 1 fully saturated rings. The molecule has 2 rings (SSSR count). The molecule has 0 spiro atoms. The fourth-order valence-corrected chi connectivity index (χ4v) is 2.64. The molecule has 0 atom stereocenters. The number of rotatable bonds is 5. The second kappa shape index (κ2) is 8.41. The SMILES string of the molecule is CCOC(=O)N1CCC(NC(=O)CNc2cccc(C)c2)CC1. The fraction of sp³-hybridized carbons (Fsp3) is 0.529. The smallest absolute Gasteiger partial charge is 0.409 e. The van der Waals surface area contributed by atoms with E-state index in [4.69, 9.17) is 4.74 Å². The number of nitrogens with zero attached hydrogens (tertiary/aromatic N) is 1. The van der Waals surface area contributed by atoms with Crippen molar-refractivity contribution in [1.29, 1.82) is 0 Å². The molecule has 1 aromatic rings. The summed E-state index contributed by atoms with van der Waals surface area (Å²) in [5.74, 6) is -0.0268. The Morgan fingerprint density at radius 1 is 1.30 bits per heavy atom. The van der Waals surface area contributed by atoms with E-state index in [2.05, 4.69) is 10.6 Å². The molecular formula is C17H25N3O3. The van der Waals surface area contributed by atoms with E-state index >= 15 is 0 Å². The van der Waals surface area contributed by atoms with Crippen molar-refractivity contribution in [3.63, 3.8) is 0 Å². The molecule has 0 aliphatic carbocycles. The topological polar surface area (TPSA) is 70.7 Å². The zero-order chi connectivity index (χ0) is 16.7. The van der Waals surface area contributed by atoms with Crippen molar-refractivity contribution in [1.82, 2.24) is 10.2 Å². The average molecular weight is 319 g/mol. The number of amides is 2. The number of likely N-dealkylation sites (tertiary alicyclic amines) is 1. The summed E-state index contributed by atoms with van der Waals surface area (Å²) in [4.78, 5) is 25.3. The van der Waals surface area contributed by atoms with Gasteiger partial charge in [0.1, 0.15) is 0 Å². The van der Waals surface area contributed by atoms with Gasteiger partial charge < -0.3 is 20.3 Å². The van der Waals surface area contributed by atoms with Gasteiger partial charge in [-0.25, -0.2) is 4.79 Å². The lowest BCUT2D eigenvalue weighted by Crippen LogP contribution is -2.47. The first kappa shape index (κ1) is 17.1. The molecule has 1 aliphatic rings. The molecular weight excluding hydrogens is 294 g/mol. The van der Waals surface area contributed by atoms with Gasteiger partial charge in [0.25, 0.3) is 0 Å². The zero-order valence-electron chi connectivity index (χ0n) is 13.8. The van der Waals surface area contributed by atoms with Crippen molar-refractivity contribution in [2.24, 2.45) is 0 Å². The van der Waals surface area contributed by atoms with Gasteiger partial charge in [0, 0.05) is 24.8 Å². The van der Waals surface area contributed by atoms with Crippen LogP contribution >= 0.6 is 0 Å². The second-order valence-corrected chi connectivity index (χ2v) is 5.75. The second-order valence-electron chi connectivity index (χ2n) is 5.75. The summed E-state index contributed by atoms with van der Waals surface area (Å²) in [6, 6.07) is 8.04. The molecule has 1 aromatic carbocycles. The molecule has 1 saturated heterocycles. The van der Waals surface area contributed by atoms with E-state index in [1.54, 1.807) is 11.8 Å². The summed E-state index contributed by atoms with van der Waals surface area (Å²) < 4.78 is 4.98. The molecule has 6 heteroatoms. The number of benzene rings is 1. The molecule has 0 saturated carbocycles. The van der Waals surface area contributed by atoms with Gasteiger partial charge in [0.05, 0.1) is 13.2 Å². The maximum Gasteiger partial charge on any atom is 0.409 e. The number of carbonyl (C=O) groups is 2. The van der Waals surface area contributed by atoms with E-state index < -0.39 is 0 Å². The van der Waals surface area contributed by atoms with Crippen molar-refractivity contribution >= 4 is 17.7 Å². The highest BCUT2D eigenvalue weighted by Gasteiger charge is 2.24. The van der Waals surface area contributed by atoms with Gasteiger partial charge in [-0.1, -0.05) is 12.1 Å². The number of ether oxygens (including phenoxy) is 1. The lowest BCUT2D eigenvalue weighted by Gasteiger charge is -2.31. The van der Waals surface area contributed by atoms with Gasteiger partial charge in [0.2, 0.25) is 5.91 Å². The van der Waals surface area contributed by atoms with Crippen LogP contribution in [0.1, 0.15) is 25.3 Å². The average Bonchev–Trinajstić information content (AvgIpc) is 2.54. The number of nitrogens with one attached hydrogen (secondary N) is 2. The molecule has 2 amide bonds. The van der Waals surface area contributed by atoms with Crippen LogP contribution in [0.25, 0.3) is 0 Å². The van der Waals surface area contributed by atoms with Crippen molar-refractivity contribution in [3.8, 4) is 0 Å². The molecule has 23 heavy (non-hydrogen) atoms. The van der Waals surface area contributed by atoms with Gasteiger partial charge in [-0.3, -0.25) is 4.79 Å². The van der Waals surface area contributed by atoms with E-state index in [1.807, 2.05) is 31.2 Å². The number of hydrogen-bond donors (Lipinski definition) is 2. The Bertz CT molecular complexity index is 540. The highest BCUT2D eigenvalue weighted by Crippen LogP contribution is 2.12. The van der Waals surface area contributed by atoms with Gasteiger partial charge in [0.15, 0.2) is 0 Å². The standard InChI is InChI=1S/C17H25N3O3/c1-3-23-17(22)20-9-7-14(8-10-20)19-16(21)12-18-15-6-4-5-13(2)11-15/h4-6,11,14,18H,3,7-10,12H2,1-2H3,(H,19,21). The predicted octanol–water partition coefficient (Wildman–Crippen LogP) is 2.14. The summed E-state index contributed by atoms with van der Waals surface area (Å²) in [6.07, 6.45) is 1.25. The first-order chi connectivity index (χ1) is 11.1. The van der Waals surface area contributed by atoms with E-state index in [0.29, 0.717) is 19.7 Å². The molecule has 0 bridgehead atoms. The highest BCUT2D eigenvalue weighted by atomic mass is 16.6. The van der Waals surface area contributed by atoms with Crippen LogP contribution < -0.4 is 10.6 Å². The summed E-state index contributed by atoms with van der Waals surface area (Å²) in [6.45, 7) is 5.69. The number of anilines is 1. The third-order valence-corrected chi connectivity index (χ3v) is 3.86. The molecule has 1 heterocycles. The van der Waals surface area contributed by atoms with Crippen LogP contribution in [0, 0.1) is 6.92 Å². The first-order valence-electron chi connectivity index (χ1n) is 8.10. The summed E-state index contributed by atoms with van der Waals surface area (Å²) in [5.41, 5.74) is 2.10. The Balaban J connectivity index is 1.69. The molecule has 0 unspecified atom stereocenters. The molecule has 0 radical (unpaired) electrons. The summed E-state index contributed by atoms with van der Waals surface area (Å²) in [7, 11) is 0. The molecule has 0 aromatic heterocycles. The lowest BCUT2D eigenvalue weighted by molar-refractivity contribution is -0.120. The normalized spacial score (nSPS) is 15.1. The van der Waals surface area contributed by atoms with Crippen LogP contribution in [0.5, 0.6) is 0 Å². The minimum absolute atomic E-state index is 0.0268. The van der Waals surface area contributed by atoms with Gasteiger partial charge in [-0.05, 0) is 44.4 Å². The third kappa shape index (κ3) is 5.47. The molecule has 126 valence electrons. The fourth-order valence-electron chi connectivity index (χ4n) is 2.64. The first-order valence-corrected chi connectivity index (χ1v) is 8.10.